The molecule has 0 bridgehead atoms. The molecule has 0 fully saturated rings. The third-order valence-corrected chi connectivity index (χ3v) is 6.66. The molecule has 1 aromatic rings. The largest absolute Gasteiger partial charge is 0.388 e. The number of anilines is 1. The minimum atomic E-state index is -3.47. The summed E-state index contributed by atoms with van der Waals surface area (Å²) in [6, 6.07) is 3.78. The molecule has 0 aliphatic carbocycles. The second-order valence-electron chi connectivity index (χ2n) is 5.23. The summed E-state index contributed by atoms with van der Waals surface area (Å²) in [5, 5.41) is 3.06. The van der Waals surface area contributed by atoms with Gasteiger partial charge in [-0.3, -0.25) is 0 Å². The maximum atomic E-state index is 12.9. The lowest BCUT2D eigenvalue weighted by atomic mass is 10.1. The van der Waals surface area contributed by atoms with Gasteiger partial charge >= 0.3 is 0 Å². The number of nitrogens with zero attached hydrogens (tertiary/aromatic N) is 1. The molecule has 1 atom stereocenters. The van der Waals surface area contributed by atoms with Gasteiger partial charge in [0.25, 0.3) is 0 Å². The summed E-state index contributed by atoms with van der Waals surface area (Å²) >= 11 is 1.67. The lowest BCUT2D eigenvalue weighted by molar-refractivity contribution is 0.385. The molecule has 0 aliphatic rings. The Morgan fingerprint density at radius 3 is 2.19 bits per heavy atom. The maximum Gasteiger partial charge on any atom is 0.243 e. The Morgan fingerprint density at radius 1 is 1.29 bits per heavy atom. The summed E-state index contributed by atoms with van der Waals surface area (Å²) in [6.07, 6.45) is 2.81. The van der Waals surface area contributed by atoms with Gasteiger partial charge in [-0.1, -0.05) is 6.92 Å². The number of aryl methyl sites for hydroxylation is 2. The Bertz CT molecular complexity index is 562. The summed E-state index contributed by atoms with van der Waals surface area (Å²) in [7, 11) is 0.0519. The lowest BCUT2D eigenvalue weighted by Gasteiger charge is -2.27. The van der Waals surface area contributed by atoms with Gasteiger partial charge in [0.2, 0.25) is 10.0 Å². The van der Waals surface area contributed by atoms with Gasteiger partial charge in [-0.25, -0.2) is 8.42 Å². The number of benzene rings is 1. The molecule has 21 heavy (non-hydrogen) atoms. The molecule has 0 aromatic heterocycles. The first-order valence-electron chi connectivity index (χ1n) is 7.05. The summed E-state index contributed by atoms with van der Waals surface area (Å²) in [5.41, 5.74) is 2.50. The fourth-order valence-electron chi connectivity index (χ4n) is 2.51. The maximum absolute atomic E-state index is 12.9. The molecule has 0 amide bonds. The zero-order valence-electron chi connectivity index (χ0n) is 13.7. The van der Waals surface area contributed by atoms with Crippen LogP contribution >= 0.6 is 11.8 Å². The highest BCUT2D eigenvalue weighted by atomic mass is 32.2. The van der Waals surface area contributed by atoms with E-state index in [4.69, 9.17) is 0 Å². The van der Waals surface area contributed by atoms with Crippen molar-refractivity contribution >= 4 is 27.5 Å². The van der Waals surface area contributed by atoms with Crippen molar-refractivity contribution in [1.82, 2.24) is 4.31 Å². The Balaban J connectivity index is 3.31. The quantitative estimate of drug-likeness (QED) is 0.834. The average Bonchev–Trinajstić information content (AvgIpc) is 2.42. The van der Waals surface area contributed by atoms with Crippen molar-refractivity contribution in [2.24, 2.45) is 0 Å². The molecule has 1 rings (SSSR count). The third kappa shape index (κ3) is 3.93. The molecule has 0 saturated heterocycles. The highest BCUT2D eigenvalue weighted by Gasteiger charge is 2.29. The lowest BCUT2D eigenvalue weighted by Crippen LogP contribution is -2.38. The molecule has 120 valence electrons. The molecule has 0 spiro atoms. The van der Waals surface area contributed by atoms with E-state index in [0.717, 1.165) is 29.0 Å². The van der Waals surface area contributed by atoms with E-state index < -0.39 is 10.0 Å². The second kappa shape index (κ2) is 7.51. The predicted octanol–water partition coefficient (Wildman–Crippen LogP) is 3.11. The van der Waals surface area contributed by atoms with Gasteiger partial charge in [-0.2, -0.15) is 16.1 Å². The highest BCUT2D eigenvalue weighted by Crippen LogP contribution is 2.28. The Morgan fingerprint density at radius 2 is 1.81 bits per heavy atom. The number of sulfonamides is 1. The van der Waals surface area contributed by atoms with E-state index in [-0.39, 0.29) is 6.04 Å². The fraction of sp³-hybridized carbons (Fsp3) is 0.600. The zero-order chi connectivity index (χ0) is 16.2. The summed E-state index contributed by atoms with van der Waals surface area (Å²) in [6.45, 7) is 5.73. The highest BCUT2D eigenvalue weighted by molar-refractivity contribution is 7.98. The third-order valence-electron chi connectivity index (χ3n) is 3.73. The predicted molar refractivity (Wildman–Crippen MR) is 92.9 cm³/mol. The van der Waals surface area contributed by atoms with Crippen LogP contribution in [0.4, 0.5) is 5.69 Å². The van der Waals surface area contributed by atoms with Crippen molar-refractivity contribution in [2.45, 2.75) is 38.1 Å². The van der Waals surface area contributed by atoms with Gasteiger partial charge in [0.05, 0.1) is 4.90 Å². The molecule has 0 radical (unpaired) electrons. The van der Waals surface area contributed by atoms with Crippen LogP contribution < -0.4 is 5.32 Å². The van der Waals surface area contributed by atoms with Crippen LogP contribution in [-0.4, -0.2) is 44.9 Å². The van der Waals surface area contributed by atoms with E-state index in [1.165, 1.54) is 4.31 Å². The van der Waals surface area contributed by atoms with Crippen LogP contribution in [0, 0.1) is 13.8 Å². The van der Waals surface area contributed by atoms with Crippen molar-refractivity contribution in [2.75, 3.05) is 31.4 Å². The van der Waals surface area contributed by atoms with Crippen molar-refractivity contribution < 1.29 is 8.42 Å². The minimum absolute atomic E-state index is 0.0211. The number of hydrogen-bond donors (Lipinski definition) is 1. The van der Waals surface area contributed by atoms with Gasteiger partial charge in [0.15, 0.2) is 0 Å². The zero-order valence-corrected chi connectivity index (χ0v) is 15.4. The molecule has 1 N–H and O–H groups in total. The minimum Gasteiger partial charge on any atom is -0.388 e. The van der Waals surface area contributed by atoms with Gasteiger partial charge in [-0.15, -0.1) is 0 Å². The standard InChI is InChI=1S/C15H26N2O2S2/c1-7-14(10-20-6)17(5)21(18,19)15-11(2)8-13(16-4)9-12(15)3/h8-9,14,16H,7,10H2,1-6H3. The van der Waals surface area contributed by atoms with Crippen LogP contribution in [0.5, 0.6) is 0 Å². The van der Waals surface area contributed by atoms with Crippen LogP contribution in [0.15, 0.2) is 17.0 Å². The van der Waals surface area contributed by atoms with Crippen molar-refractivity contribution in [1.29, 1.82) is 0 Å². The number of rotatable bonds is 7. The van der Waals surface area contributed by atoms with Crippen LogP contribution in [-0.2, 0) is 10.0 Å². The molecule has 0 aliphatic heterocycles. The monoisotopic (exact) mass is 330 g/mol. The van der Waals surface area contributed by atoms with Gasteiger partial charge < -0.3 is 5.32 Å². The van der Waals surface area contributed by atoms with Gasteiger partial charge in [0.1, 0.15) is 0 Å². The van der Waals surface area contributed by atoms with Crippen molar-refractivity contribution in [3.63, 3.8) is 0 Å². The molecule has 1 unspecified atom stereocenters. The van der Waals surface area contributed by atoms with E-state index >= 15 is 0 Å². The van der Waals surface area contributed by atoms with Crippen LogP contribution in [0.2, 0.25) is 0 Å². The fourth-order valence-corrected chi connectivity index (χ4v) is 5.29. The average molecular weight is 331 g/mol. The normalized spacial score (nSPS) is 13.5. The molecule has 1 aromatic carbocycles. The van der Waals surface area contributed by atoms with Crippen LogP contribution in [0.3, 0.4) is 0 Å². The second-order valence-corrected chi connectivity index (χ2v) is 8.07. The Labute approximate surface area is 133 Å². The summed E-state index contributed by atoms with van der Waals surface area (Å²) < 4.78 is 27.4. The Hall–Kier alpha value is -0.720. The number of nitrogens with one attached hydrogen (secondary N) is 1. The number of thioether (sulfide) groups is 1. The SMILES string of the molecule is CCC(CSC)N(C)S(=O)(=O)c1c(C)cc(NC)cc1C. The molecular weight excluding hydrogens is 304 g/mol. The first-order chi connectivity index (χ1) is 9.79. The first kappa shape index (κ1) is 18.3. The number of hydrogen-bond acceptors (Lipinski definition) is 4. The van der Waals surface area contributed by atoms with Crippen LogP contribution in [0.1, 0.15) is 24.5 Å². The molecule has 4 nitrogen and oxygen atoms in total. The van der Waals surface area contributed by atoms with E-state index in [0.29, 0.717) is 4.90 Å². The van der Waals surface area contributed by atoms with E-state index in [9.17, 15) is 8.42 Å². The summed E-state index contributed by atoms with van der Waals surface area (Å²) in [5.74, 6) is 0.804. The van der Waals surface area contributed by atoms with E-state index in [1.54, 1.807) is 18.8 Å². The van der Waals surface area contributed by atoms with Crippen LogP contribution in [0.25, 0.3) is 0 Å². The topological polar surface area (TPSA) is 49.4 Å². The van der Waals surface area contributed by atoms with Crippen molar-refractivity contribution in [3.05, 3.63) is 23.3 Å². The smallest absolute Gasteiger partial charge is 0.243 e. The van der Waals surface area contributed by atoms with Crippen molar-refractivity contribution in [3.8, 4) is 0 Å². The Kier molecular flexibility index (Phi) is 6.56. The first-order valence-corrected chi connectivity index (χ1v) is 9.88. The van der Waals surface area contributed by atoms with E-state index in [1.807, 2.05) is 46.2 Å². The molecule has 0 heterocycles. The summed E-state index contributed by atoms with van der Waals surface area (Å²) in [4.78, 5) is 0.434. The molecular formula is C15H26N2O2S2. The molecule has 0 saturated carbocycles. The van der Waals surface area contributed by atoms with Gasteiger partial charge in [-0.05, 0) is 49.8 Å². The molecule has 6 heteroatoms. The van der Waals surface area contributed by atoms with E-state index in [2.05, 4.69) is 5.32 Å². The van der Waals surface area contributed by atoms with Gasteiger partial charge in [0, 0.05) is 31.6 Å².